The normalized spacial score (nSPS) is 12.3. The van der Waals surface area contributed by atoms with E-state index in [0.29, 0.717) is 52.2 Å². The van der Waals surface area contributed by atoms with Crippen LogP contribution in [0.1, 0.15) is 43.1 Å². The molecule has 0 radical (unpaired) electrons. The maximum Gasteiger partial charge on any atom is 0.307 e. The highest BCUT2D eigenvalue weighted by Crippen LogP contribution is 2.38. The molecule has 204 valence electrons. The van der Waals surface area contributed by atoms with E-state index in [0.717, 1.165) is 17.4 Å². The smallest absolute Gasteiger partial charge is 0.307 e. The molecule has 0 saturated heterocycles. The molecule has 1 aliphatic rings. The molecule has 4 N–H and O–H groups in total. The molecule has 1 aromatic heterocycles. The zero-order valence-electron chi connectivity index (χ0n) is 21.8. The number of sulfone groups is 1. The second-order valence-electron chi connectivity index (χ2n) is 9.70. The van der Waals surface area contributed by atoms with Gasteiger partial charge < -0.3 is 16.2 Å². The largest absolute Gasteiger partial charge is 0.481 e. The molecule has 1 heterocycles. The van der Waals surface area contributed by atoms with Crippen LogP contribution in [0.4, 0.5) is 5.69 Å². The molecule has 10 nitrogen and oxygen atoms in total. The van der Waals surface area contributed by atoms with Gasteiger partial charge in [-0.3, -0.25) is 14.4 Å². The van der Waals surface area contributed by atoms with Crippen LogP contribution in [0.15, 0.2) is 65.6 Å². The molecule has 3 aromatic carbocycles. The van der Waals surface area contributed by atoms with Gasteiger partial charge in [-0.1, -0.05) is 18.2 Å². The Bertz CT molecular complexity index is 1810. The number of aliphatic carboxylic acids is 1. The maximum absolute atomic E-state index is 13.2. The third kappa shape index (κ3) is 4.98. The Kier molecular flexibility index (Phi) is 6.76. The third-order valence-corrected chi connectivity index (χ3v) is 8.15. The molecule has 1 aliphatic carbocycles. The lowest BCUT2D eigenvalue weighted by atomic mass is 9.88. The minimum Gasteiger partial charge on any atom is -0.481 e. The van der Waals surface area contributed by atoms with E-state index in [9.17, 15) is 27.9 Å². The first-order chi connectivity index (χ1) is 18.9. The van der Waals surface area contributed by atoms with Gasteiger partial charge in [-0.2, -0.15) is 5.10 Å². The van der Waals surface area contributed by atoms with Gasteiger partial charge in [-0.15, -0.1) is 0 Å². The summed E-state index contributed by atoms with van der Waals surface area (Å²) in [6, 6.07) is 16.6. The Morgan fingerprint density at radius 1 is 1.05 bits per heavy atom. The lowest BCUT2D eigenvalue weighted by molar-refractivity contribution is -0.136. The molecule has 0 bridgehead atoms. The molecule has 0 unspecified atom stereocenters. The SMILES string of the molecule is Cc1c(CC(=O)O)cccc1C(=O)Nc1ccc2c(c1)-c1c(c(C(N)=O)nn1-c1ccc(S(C)(=O)=O)cc1)CC2. The van der Waals surface area contributed by atoms with Crippen molar-refractivity contribution in [3.05, 3.63) is 94.2 Å². The predicted molar refractivity (Wildman–Crippen MR) is 149 cm³/mol. The first kappa shape index (κ1) is 26.8. The first-order valence-electron chi connectivity index (χ1n) is 12.4. The fraction of sp³-hybridized carbons (Fsp3) is 0.172. The summed E-state index contributed by atoms with van der Waals surface area (Å²) in [5, 5.41) is 16.6. The standard InChI is InChI=1S/C29H26N4O6S/c1-16-18(14-25(34)35)4-3-5-22(16)29(37)31-19-8-6-17-7-13-23-26(28(30)36)32-33(27(23)24(17)15-19)20-9-11-21(12-10-20)40(2,38)39/h3-6,8-12,15H,7,13-14H2,1-2H3,(H2,30,36)(H,31,37)(H,34,35). The summed E-state index contributed by atoms with van der Waals surface area (Å²) in [5.41, 5.74) is 11.4. The number of carboxylic acids is 1. The number of hydrogen-bond donors (Lipinski definition) is 3. The van der Waals surface area contributed by atoms with Crippen molar-refractivity contribution in [2.24, 2.45) is 5.73 Å². The van der Waals surface area contributed by atoms with Crippen LogP contribution in [-0.4, -0.2) is 47.3 Å². The Hall–Kier alpha value is -4.77. The van der Waals surface area contributed by atoms with Gasteiger partial charge in [-0.25, -0.2) is 13.1 Å². The van der Waals surface area contributed by atoms with E-state index >= 15 is 0 Å². The van der Waals surface area contributed by atoms with E-state index in [4.69, 9.17) is 5.73 Å². The number of carboxylic acid groups (broad SMARTS) is 1. The minimum absolute atomic E-state index is 0.133. The van der Waals surface area contributed by atoms with Gasteiger partial charge in [0.25, 0.3) is 11.8 Å². The van der Waals surface area contributed by atoms with Gasteiger partial charge in [0.05, 0.1) is 22.7 Å². The molecular formula is C29H26N4O6S. The van der Waals surface area contributed by atoms with Crippen LogP contribution in [0.5, 0.6) is 0 Å². The number of nitrogens with two attached hydrogens (primary N) is 1. The number of carbonyl (C=O) groups is 3. The number of fused-ring (bicyclic) bond motifs is 3. The molecule has 0 fully saturated rings. The number of nitrogens with one attached hydrogen (secondary N) is 1. The molecule has 11 heteroatoms. The summed E-state index contributed by atoms with van der Waals surface area (Å²) in [6.07, 6.45) is 2.10. The molecule has 40 heavy (non-hydrogen) atoms. The summed E-state index contributed by atoms with van der Waals surface area (Å²) in [7, 11) is -3.40. The average molecular weight is 559 g/mol. The van der Waals surface area contributed by atoms with Crippen molar-refractivity contribution in [2.75, 3.05) is 11.6 Å². The quantitative estimate of drug-likeness (QED) is 0.313. The third-order valence-electron chi connectivity index (χ3n) is 7.03. The number of aromatic nitrogens is 2. The minimum atomic E-state index is -3.40. The van der Waals surface area contributed by atoms with Gasteiger partial charge in [0, 0.05) is 28.6 Å². The summed E-state index contributed by atoms with van der Waals surface area (Å²) in [4.78, 5) is 36.8. The van der Waals surface area contributed by atoms with Crippen molar-refractivity contribution in [2.45, 2.75) is 31.1 Å². The predicted octanol–water partition coefficient (Wildman–Crippen LogP) is 3.33. The second kappa shape index (κ2) is 10.1. The molecule has 2 amide bonds. The second-order valence-corrected chi connectivity index (χ2v) is 11.7. The summed E-state index contributed by atoms with van der Waals surface area (Å²) < 4.78 is 25.5. The van der Waals surface area contributed by atoms with E-state index in [1.165, 1.54) is 12.1 Å². The highest BCUT2D eigenvalue weighted by Gasteiger charge is 2.28. The lowest BCUT2D eigenvalue weighted by Gasteiger charge is -2.20. The number of carbonyl (C=O) groups excluding carboxylic acids is 2. The number of hydrogen-bond acceptors (Lipinski definition) is 6. The van der Waals surface area contributed by atoms with Crippen LogP contribution < -0.4 is 11.1 Å². The molecule has 5 rings (SSSR count). The molecule has 4 aromatic rings. The fourth-order valence-electron chi connectivity index (χ4n) is 5.02. The topological polar surface area (TPSA) is 161 Å². The van der Waals surface area contributed by atoms with E-state index in [1.54, 1.807) is 54.1 Å². The van der Waals surface area contributed by atoms with E-state index in [2.05, 4.69) is 10.4 Å². The van der Waals surface area contributed by atoms with E-state index in [-0.39, 0.29) is 22.9 Å². The highest BCUT2D eigenvalue weighted by atomic mass is 32.2. The summed E-state index contributed by atoms with van der Waals surface area (Å²) >= 11 is 0. The zero-order valence-corrected chi connectivity index (χ0v) is 22.6. The molecule has 0 atom stereocenters. The monoisotopic (exact) mass is 558 g/mol. The van der Waals surface area contributed by atoms with Gasteiger partial charge in [0.2, 0.25) is 0 Å². The van der Waals surface area contributed by atoms with E-state index < -0.39 is 21.7 Å². The highest BCUT2D eigenvalue weighted by molar-refractivity contribution is 7.90. The lowest BCUT2D eigenvalue weighted by Crippen LogP contribution is -2.16. The molecule has 0 saturated carbocycles. The fourth-order valence-corrected chi connectivity index (χ4v) is 5.65. The average Bonchev–Trinajstić information content (AvgIpc) is 3.30. The van der Waals surface area contributed by atoms with Crippen LogP contribution in [0.2, 0.25) is 0 Å². The van der Waals surface area contributed by atoms with Crippen LogP contribution in [0, 0.1) is 6.92 Å². The maximum atomic E-state index is 13.2. The number of anilines is 1. The Morgan fingerprint density at radius 3 is 2.42 bits per heavy atom. The molecule has 0 aliphatic heterocycles. The number of nitrogens with zero attached hydrogens (tertiary/aromatic N) is 2. The van der Waals surface area contributed by atoms with Crippen LogP contribution in [0.25, 0.3) is 16.9 Å². The first-order valence-corrected chi connectivity index (χ1v) is 14.3. The zero-order chi connectivity index (χ0) is 28.8. The summed E-state index contributed by atoms with van der Waals surface area (Å²) in [5.74, 6) is -2.04. The van der Waals surface area contributed by atoms with E-state index in [1.807, 2.05) is 6.07 Å². The van der Waals surface area contributed by atoms with Crippen LogP contribution >= 0.6 is 0 Å². The van der Waals surface area contributed by atoms with Gasteiger partial charge in [0.1, 0.15) is 0 Å². The van der Waals surface area contributed by atoms with Gasteiger partial charge >= 0.3 is 5.97 Å². The summed E-state index contributed by atoms with van der Waals surface area (Å²) in [6.45, 7) is 1.71. The van der Waals surface area contributed by atoms with Crippen LogP contribution in [0.3, 0.4) is 0 Å². The number of aryl methyl sites for hydroxylation is 1. The Morgan fingerprint density at radius 2 is 1.77 bits per heavy atom. The van der Waals surface area contributed by atoms with Crippen molar-refractivity contribution in [1.29, 1.82) is 0 Å². The Labute approximate surface area is 230 Å². The number of primary amides is 1. The van der Waals surface area contributed by atoms with Crippen LogP contribution in [-0.2, 0) is 33.9 Å². The Balaban J connectivity index is 1.56. The van der Waals surface area contributed by atoms with Gasteiger partial charge in [0.15, 0.2) is 15.5 Å². The number of benzene rings is 3. The molecule has 0 spiro atoms. The number of amides is 2. The van der Waals surface area contributed by atoms with Crippen molar-refractivity contribution < 1.29 is 27.9 Å². The molecular weight excluding hydrogens is 532 g/mol. The van der Waals surface area contributed by atoms with Gasteiger partial charge in [-0.05, 0) is 78.9 Å². The number of rotatable bonds is 7. The van der Waals surface area contributed by atoms with Crippen molar-refractivity contribution in [3.8, 4) is 16.9 Å². The van der Waals surface area contributed by atoms with Crippen molar-refractivity contribution in [3.63, 3.8) is 0 Å². The van der Waals surface area contributed by atoms with Crippen molar-refractivity contribution in [1.82, 2.24) is 9.78 Å². The van der Waals surface area contributed by atoms with Crippen molar-refractivity contribution >= 4 is 33.3 Å².